The van der Waals surface area contributed by atoms with Crippen LogP contribution in [0.4, 0.5) is 5.69 Å². The SMILES string of the molecule is CC(C)CSC1=CC(=O)c2n[nH]c(C(=O)Nc3ccccc3)c2C1=O. The zero-order chi connectivity index (χ0) is 18.0. The van der Waals surface area contributed by atoms with Crippen molar-refractivity contribution in [3.63, 3.8) is 0 Å². The van der Waals surface area contributed by atoms with E-state index in [1.54, 1.807) is 24.3 Å². The number of Topliss-reactive ketones (excluding diaryl/α,β-unsaturated/α-hetero) is 1. The van der Waals surface area contributed by atoms with Crippen molar-refractivity contribution in [2.45, 2.75) is 13.8 Å². The average Bonchev–Trinajstić information content (AvgIpc) is 3.03. The highest BCUT2D eigenvalue weighted by Gasteiger charge is 2.33. The molecule has 6 nitrogen and oxygen atoms in total. The number of hydrogen-bond donors (Lipinski definition) is 2. The maximum absolute atomic E-state index is 12.7. The minimum absolute atomic E-state index is 0.00268. The van der Waals surface area contributed by atoms with Crippen LogP contribution in [-0.2, 0) is 0 Å². The summed E-state index contributed by atoms with van der Waals surface area (Å²) in [6.45, 7) is 4.06. The van der Waals surface area contributed by atoms with Crippen molar-refractivity contribution in [1.82, 2.24) is 10.2 Å². The molecule has 1 aliphatic carbocycles. The third kappa shape index (κ3) is 3.56. The number of para-hydroxylation sites is 1. The highest BCUT2D eigenvalue weighted by molar-refractivity contribution is 8.04. The van der Waals surface area contributed by atoms with Crippen LogP contribution in [-0.4, -0.2) is 33.4 Å². The molecule has 0 fully saturated rings. The van der Waals surface area contributed by atoms with Crippen molar-refractivity contribution in [3.8, 4) is 0 Å². The zero-order valence-corrected chi connectivity index (χ0v) is 14.6. The van der Waals surface area contributed by atoms with E-state index < -0.39 is 5.91 Å². The second kappa shape index (κ2) is 7.06. The molecule has 1 heterocycles. The summed E-state index contributed by atoms with van der Waals surface area (Å²) in [6.07, 6.45) is 1.30. The van der Waals surface area contributed by atoms with Crippen molar-refractivity contribution in [2.75, 3.05) is 11.1 Å². The summed E-state index contributed by atoms with van der Waals surface area (Å²) in [7, 11) is 0. The van der Waals surface area contributed by atoms with E-state index in [1.807, 2.05) is 19.9 Å². The van der Waals surface area contributed by atoms with Gasteiger partial charge < -0.3 is 5.32 Å². The second-order valence-corrected chi connectivity index (χ2v) is 7.11. The Labute approximate surface area is 149 Å². The van der Waals surface area contributed by atoms with E-state index in [1.165, 1.54) is 17.8 Å². The number of thioether (sulfide) groups is 1. The Kier molecular flexibility index (Phi) is 4.85. The molecule has 1 aliphatic rings. The summed E-state index contributed by atoms with van der Waals surface area (Å²) in [5.41, 5.74) is 0.646. The highest BCUT2D eigenvalue weighted by atomic mass is 32.2. The molecule has 7 heteroatoms. The Hall–Kier alpha value is -2.67. The Morgan fingerprint density at radius 1 is 1.24 bits per heavy atom. The third-order valence-corrected chi connectivity index (χ3v) is 4.99. The summed E-state index contributed by atoms with van der Waals surface area (Å²) >= 11 is 1.33. The predicted octanol–water partition coefficient (Wildman–Crippen LogP) is 3.31. The van der Waals surface area contributed by atoms with Gasteiger partial charge in [-0.1, -0.05) is 32.0 Å². The Bertz CT molecular complexity index is 869. The van der Waals surface area contributed by atoms with E-state index in [4.69, 9.17) is 0 Å². The molecule has 0 saturated carbocycles. The largest absolute Gasteiger partial charge is 0.321 e. The molecule has 2 N–H and O–H groups in total. The predicted molar refractivity (Wildman–Crippen MR) is 97.0 cm³/mol. The number of ketones is 2. The smallest absolute Gasteiger partial charge is 0.274 e. The van der Waals surface area contributed by atoms with Gasteiger partial charge in [0.2, 0.25) is 11.6 Å². The monoisotopic (exact) mass is 355 g/mol. The fraction of sp³-hybridized carbons (Fsp3) is 0.222. The van der Waals surface area contributed by atoms with Crippen LogP contribution in [0.25, 0.3) is 0 Å². The van der Waals surface area contributed by atoms with Crippen molar-refractivity contribution < 1.29 is 14.4 Å². The van der Waals surface area contributed by atoms with E-state index >= 15 is 0 Å². The number of nitrogens with one attached hydrogen (secondary N) is 2. The number of carbonyl (C=O) groups is 3. The summed E-state index contributed by atoms with van der Waals surface area (Å²) in [6, 6.07) is 8.88. The zero-order valence-electron chi connectivity index (χ0n) is 13.8. The molecule has 0 bridgehead atoms. The van der Waals surface area contributed by atoms with Gasteiger partial charge in [-0.05, 0) is 18.1 Å². The molecule has 2 aromatic rings. The molecule has 1 amide bonds. The van der Waals surface area contributed by atoms with Gasteiger partial charge in [-0.15, -0.1) is 11.8 Å². The normalized spacial score (nSPS) is 13.6. The quantitative estimate of drug-likeness (QED) is 0.858. The summed E-state index contributed by atoms with van der Waals surface area (Å²) in [5, 5.41) is 9.10. The standard InChI is InChI=1S/C18H17N3O3S/c1-10(2)9-25-13-8-12(22)15-14(17(13)23)16(21-20-15)18(24)19-11-6-4-3-5-7-11/h3-8,10H,9H2,1-2H3,(H,19,24)(H,20,21). The first-order valence-electron chi connectivity index (χ1n) is 7.85. The van der Waals surface area contributed by atoms with E-state index in [2.05, 4.69) is 15.5 Å². The number of anilines is 1. The minimum Gasteiger partial charge on any atom is -0.321 e. The Balaban J connectivity index is 1.88. The van der Waals surface area contributed by atoms with Gasteiger partial charge in [-0.3, -0.25) is 19.5 Å². The lowest BCUT2D eigenvalue weighted by molar-refractivity contribution is 0.0979. The van der Waals surface area contributed by atoms with Gasteiger partial charge in [0.1, 0.15) is 11.4 Å². The number of hydrogen-bond acceptors (Lipinski definition) is 5. The van der Waals surface area contributed by atoms with Gasteiger partial charge in [0.05, 0.1) is 10.5 Å². The van der Waals surface area contributed by atoms with E-state index in [0.717, 1.165) is 0 Å². The fourth-order valence-corrected chi connectivity index (χ4v) is 3.30. The van der Waals surface area contributed by atoms with Crippen LogP contribution in [0.3, 0.4) is 0 Å². The molecule has 0 unspecified atom stereocenters. The van der Waals surface area contributed by atoms with Crippen molar-refractivity contribution in [3.05, 3.63) is 58.3 Å². The van der Waals surface area contributed by atoms with Crippen LogP contribution in [0, 0.1) is 5.92 Å². The number of carbonyl (C=O) groups excluding carboxylic acids is 3. The fourth-order valence-electron chi connectivity index (χ4n) is 2.36. The lowest BCUT2D eigenvalue weighted by Crippen LogP contribution is -2.21. The summed E-state index contributed by atoms with van der Waals surface area (Å²) in [5.74, 6) is -0.122. The lowest BCUT2D eigenvalue weighted by atomic mass is 9.99. The maximum Gasteiger partial charge on any atom is 0.274 e. The van der Waals surface area contributed by atoms with E-state index in [-0.39, 0.29) is 28.5 Å². The second-order valence-electron chi connectivity index (χ2n) is 6.05. The molecule has 3 rings (SSSR count). The molecule has 0 atom stereocenters. The van der Waals surface area contributed by atoms with E-state index in [0.29, 0.717) is 22.3 Å². The van der Waals surface area contributed by atoms with E-state index in [9.17, 15) is 14.4 Å². The molecule has 0 radical (unpaired) electrons. The number of rotatable bonds is 5. The molecular weight excluding hydrogens is 338 g/mol. The van der Waals surface area contributed by atoms with Gasteiger partial charge in [0.25, 0.3) is 5.91 Å². The molecule has 128 valence electrons. The summed E-state index contributed by atoms with van der Waals surface area (Å²) < 4.78 is 0. The van der Waals surface area contributed by atoms with Gasteiger partial charge >= 0.3 is 0 Å². The third-order valence-electron chi connectivity index (χ3n) is 3.54. The number of aromatic nitrogens is 2. The number of H-pyrrole nitrogens is 1. The number of aromatic amines is 1. The van der Waals surface area contributed by atoms with Gasteiger partial charge in [0, 0.05) is 17.5 Å². The Morgan fingerprint density at radius 2 is 1.96 bits per heavy atom. The van der Waals surface area contributed by atoms with Crippen LogP contribution in [0.2, 0.25) is 0 Å². The first-order chi connectivity index (χ1) is 12.0. The van der Waals surface area contributed by atoms with Crippen molar-refractivity contribution >= 4 is 34.9 Å². The van der Waals surface area contributed by atoms with Crippen LogP contribution >= 0.6 is 11.8 Å². The average molecular weight is 355 g/mol. The van der Waals surface area contributed by atoms with Crippen molar-refractivity contribution in [1.29, 1.82) is 0 Å². The number of fused-ring (bicyclic) bond motifs is 1. The molecule has 0 aliphatic heterocycles. The first kappa shape index (κ1) is 17.2. The van der Waals surface area contributed by atoms with Gasteiger partial charge in [-0.25, -0.2) is 0 Å². The maximum atomic E-state index is 12.7. The van der Waals surface area contributed by atoms with Gasteiger partial charge in [0.15, 0.2) is 0 Å². The number of benzene rings is 1. The molecular formula is C18H17N3O3S. The molecule has 1 aromatic heterocycles. The number of allylic oxidation sites excluding steroid dienone is 2. The van der Waals surface area contributed by atoms with Crippen LogP contribution in [0.15, 0.2) is 41.3 Å². The summed E-state index contributed by atoms with van der Waals surface area (Å²) in [4.78, 5) is 37.8. The minimum atomic E-state index is -0.504. The number of nitrogens with zero attached hydrogens (tertiary/aromatic N) is 1. The highest BCUT2D eigenvalue weighted by Crippen LogP contribution is 2.30. The van der Waals surface area contributed by atoms with Crippen molar-refractivity contribution in [2.24, 2.45) is 5.92 Å². The molecule has 0 saturated heterocycles. The topological polar surface area (TPSA) is 91.9 Å². The number of amides is 1. The molecule has 25 heavy (non-hydrogen) atoms. The first-order valence-corrected chi connectivity index (χ1v) is 8.84. The van der Waals surface area contributed by atoms with Gasteiger partial charge in [-0.2, -0.15) is 5.10 Å². The molecule has 1 aromatic carbocycles. The van der Waals surface area contributed by atoms with Crippen LogP contribution in [0.1, 0.15) is 45.2 Å². The van der Waals surface area contributed by atoms with Crippen LogP contribution in [0.5, 0.6) is 0 Å². The molecule has 0 spiro atoms. The lowest BCUT2D eigenvalue weighted by Gasteiger charge is -2.13. The Morgan fingerprint density at radius 3 is 2.64 bits per heavy atom. The van der Waals surface area contributed by atoms with Crippen LogP contribution < -0.4 is 5.32 Å².